The van der Waals surface area contributed by atoms with E-state index in [1.54, 1.807) is 11.3 Å². The molecule has 5 nitrogen and oxygen atoms in total. The number of thiophene rings is 1. The van der Waals surface area contributed by atoms with Crippen LogP contribution in [-0.2, 0) is 11.3 Å². The van der Waals surface area contributed by atoms with Gasteiger partial charge in [0.2, 0.25) is 0 Å². The zero-order chi connectivity index (χ0) is 17.5. The van der Waals surface area contributed by atoms with Crippen molar-refractivity contribution in [3.8, 4) is 5.75 Å². The van der Waals surface area contributed by atoms with Gasteiger partial charge in [-0.25, -0.2) is 0 Å². The van der Waals surface area contributed by atoms with E-state index in [1.807, 2.05) is 43.5 Å². The number of hydrogen-bond acceptors (Lipinski definition) is 4. The van der Waals surface area contributed by atoms with Gasteiger partial charge in [0.1, 0.15) is 5.75 Å². The van der Waals surface area contributed by atoms with Crippen LogP contribution in [0.4, 0.5) is 0 Å². The van der Waals surface area contributed by atoms with Gasteiger partial charge in [-0.15, -0.1) is 11.3 Å². The molecule has 1 aromatic heterocycles. The first-order chi connectivity index (χ1) is 11.5. The van der Waals surface area contributed by atoms with Crippen molar-refractivity contribution < 1.29 is 19.4 Å². The molecule has 0 atom stereocenters. The van der Waals surface area contributed by atoms with E-state index in [0.29, 0.717) is 25.3 Å². The van der Waals surface area contributed by atoms with Crippen LogP contribution >= 0.6 is 11.3 Å². The van der Waals surface area contributed by atoms with Crippen LogP contribution in [0.15, 0.2) is 29.6 Å². The molecule has 0 aliphatic carbocycles. The Morgan fingerprint density at radius 1 is 1.21 bits per heavy atom. The predicted octanol–water partition coefficient (Wildman–Crippen LogP) is 3.54. The maximum absolute atomic E-state index is 12.2. The Bertz CT molecular complexity index is 706. The number of rotatable bonds is 8. The van der Waals surface area contributed by atoms with Crippen LogP contribution in [0.3, 0.4) is 0 Å². The van der Waals surface area contributed by atoms with Crippen LogP contribution in [0.2, 0.25) is 0 Å². The molecule has 0 unspecified atom stereocenters. The SMILES string of the molecule is Cc1scc(C(=O)NCc2ccc(OCCCC(=O)O)cc2)c1C. The first-order valence-electron chi connectivity index (χ1n) is 7.74. The number of nitrogens with one attached hydrogen (secondary N) is 1. The van der Waals surface area contributed by atoms with Crippen molar-refractivity contribution in [3.63, 3.8) is 0 Å². The fourth-order valence-electron chi connectivity index (χ4n) is 2.13. The number of ether oxygens (including phenoxy) is 1. The lowest BCUT2D eigenvalue weighted by molar-refractivity contribution is -0.137. The summed E-state index contributed by atoms with van der Waals surface area (Å²) in [6.07, 6.45) is 0.581. The summed E-state index contributed by atoms with van der Waals surface area (Å²) in [5.74, 6) is -0.189. The third-order valence-electron chi connectivity index (χ3n) is 3.71. The Kier molecular flexibility index (Phi) is 6.37. The molecule has 2 aromatic rings. The van der Waals surface area contributed by atoms with Crippen molar-refractivity contribution >= 4 is 23.2 Å². The second-order valence-electron chi connectivity index (χ2n) is 5.50. The molecule has 0 fully saturated rings. The van der Waals surface area contributed by atoms with Gasteiger partial charge in [-0.3, -0.25) is 9.59 Å². The van der Waals surface area contributed by atoms with Crippen LogP contribution in [0, 0.1) is 13.8 Å². The molecule has 0 saturated carbocycles. The number of carbonyl (C=O) groups excluding carboxylic acids is 1. The van der Waals surface area contributed by atoms with Gasteiger partial charge >= 0.3 is 5.97 Å². The highest BCUT2D eigenvalue weighted by Gasteiger charge is 2.11. The van der Waals surface area contributed by atoms with Gasteiger partial charge in [-0.2, -0.15) is 0 Å². The van der Waals surface area contributed by atoms with Gasteiger partial charge in [-0.05, 0) is 43.5 Å². The Balaban J connectivity index is 1.80. The van der Waals surface area contributed by atoms with E-state index in [-0.39, 0.29) is 12.3 Å². The van der Waals surface area contributed by atoms with Crippen LogP contribution in [0.1, 0.15) is 39.2 Å². The van der Waals surface area contributed by atoms with Gasteiger partial charge < -0.3 is 15.2 Å². The van der Waals surface area contributed by atoms with E-state index in [9.17, 15) is 9.59 Å². The van der Waals surface area contributed by atoms with E-state index < -0.39 is 5.97 Å². The number of amides is 1. The fraction of sp³-hybridized carbons (Fsp3) is 0.333. The molecule has 0 spiro atoms. The summed E-state index contributed by atoms with van der Waals surface area (Å²) in [5.41, 5.74) is 2.74. The predicted molar refractivity (Wildman–Crippen MR) is 93.8 cm³/mol. The van der Waals surface area contributed by atoms with Crippen molar-refractivity contribution in [1.82, 2.24) is 5.32 Å². The van der Waals surface area contributed by atoms with Crippen molar-refractivity contribution in [2.45, 2.75) is 33.2 Å². The minimum Gasteiger partial charge on any atom is -0.494 e. The first-order valence-corrected chi connectivity index (χ1v) is 8.61. The topological polar surface area (TPSA) is 75.6 Å². The Hall–Kier alpha value is -2.34. The molecule has 0 saturated heterocycles. The Labute approximate surface area is 145 Å². The Morgan fingerprint density at radius 3 is 2.50 bits per heavy atom. The lowest BCUT2D eigenvalue weighted by Gasteiger charge is -2.08. The van der Waals surface area contributed by atoms with E-state index >= 15 is 0 Å². The lowest BCUT2D eigenvalue weighted by atomic mass is 10.1. The number of hydrogen-bond donors (Lipinski definition) is 2. The standard InChI is InChI=1S/C18H21NO4S/c1-12-13(2)24-11-16(12)18(22)19-10-14-5-7-15(8-6-14)23-9-3-4-17(20)21/h5-8,11H,3-4,9-10H2,1-2H3,(H,19,22)(H,20,21). The highest BCUT2D eigenvalue weighted by molar-refractivity contribution is 7.10. The number of carbonyl (C=O) groups is 2. The molecule has 1 amide bonds. The van der Waals surface area contributed by atoms with Gasteiger partial charge in [0.25, 0.3) is 5.91 Å². The average Bonchev–Trinajstić information content (AvgIpc) is 2.90. The summed E-state index contributed by atoms with van der Waals surface area (Å²) in [6.45, 7) is 4.79. The molecular weight excluding hydrogens is 326 g/mol. The molecule has 6 heteroatoms. The summed E-state index contributed by atoms with van der Waals surface area (Å²) >= 11 is 1.58. The smallest absolute Gasteiger partial charge is 0.303 e. The van der Waals surface area contributed by atoms with E-state index in [1.165, 1.54) is 0 Å². The molecular formula is C18H21NO4S. The minimum atomic E-state index is -0.819. The third kappa shape index (κ3) is 5.09. The van der Waals surface area contributed by atoms with Crippen molar-refractivity contribution in [1.29, 1.82) is 0 Å². The lowest BCUT2D eigenvalue weighted by Crippen LogP contribution is -2.22. The average molecular weight is 347 g/mol. The van der Waals surface area contributed by atoms with Crippen LogP contribution in [0.25, 0.3) is 0 Å². The summed E-state index contributed by atoms with van der Waals surface area (Å²) in [5, 5.41) is 13.4. The quantitative estimate of drug-likeness (QED) is 0.716. The summed E-state index contributed by atoms with van der Waals surface area (Å²) < 4.78 is 5.48. The molecule has 24 heavy (non-hydrogen) atoms. The fourth-order valence-corrected chi connectivity index (χ4v) is 3.00. The van der Waals surface area contributed by atoms with Crippen LogP contribution in [-0.4, -0.2) is 23.6 Å². The molecule has 0 radical (unpaired) electrons. The third-order valence-corrected chi connectivity index (χ3v) is 4.72. The molecule has 0 aliphatic heterocycles. The maximum atomic E-state index is 12.2. The number of benzene rings is 1. The van der Waals surface area contributed by atoms with E-state index in [2.05, 4.69) is 5.32 Å². The van der Waals surface area contributed by atoms with Gasteiger partial charge in [0, 0.05) is 23.2 Å². The van der Waals surface area contributed by atoms with E-state index in [4.69, 9.17) is 9.84 Å². The Morgan fingerprint density at radius 2 is 1.92 bits per heavy atom. The van der Waals surface area contributed by atoms with Gasteiger partial charge in [0.15, 0.2) is 0 Å². The van der Waals surface area contributed by atoms with Crippen LogP contribution in [0.5, 0.6) is 5.75 Å². The molecule has 0 bridgehead atoms. The zero-order valence-corrected chi connectivity index (χ0v) is 14.6. The number of aryl methyl sites for hydroxylation is 1. The molecule has 1 heterocycles. The van der Waals surface area contributed by atoms with Crippen molar-refractivity contribution in [2.75, 3.05) is 6.61 Å². The largest absolute Gasteiger partial charge is 0.494 e. The maximum Gasteiger partial charge on any atom is 0.303 e. The number of aliphatic carboxylic acids is 1. The van der Waals surface area contributed by atoms with Gasteiger partial charge in [0.05, 0.1) is 12.2 Å². The molecule has 2 N–H and O–H groups in total. The highest BCUT2D eigenvalue weighted by Crippen LogP contribution is 2.20. The molecule has 128 valence electrons. The first kappa shape index (κ1) is 18.0. The normalized spacial score (nSPS) is 10.4. The van der Waals surface area contributed by atoms with Crippen LogP contribution < -0.4 is 10.1 Å². The van der Waals surface area contributed by atoms with Gasteiger partial charge in [-0.1, -0.05) is 12.1 Å². The minimum absolute atomic E-state index is 0.0640. The summed E-state index contributed by atoms with van der Waals surface area (Å²) in [7, 11) is 0. The highest BCUT2D eigenvalue weighted by atomic mass is 32.1. The number of carboxylic acid groups (broad SMARTS) is 1. The molecule has 2 rings (SSSR count). The molecule has 1 aromatic carbocycles. The number of carboxylic acids is 1. The second-order valence-corrected chi connectivity index (χ2v) is 6.59. The monoisotopic (exact) mass is 347 g/mol. The van der Waals surface area contributed by atoms with Crippen molar-refractivity contribution in [2.24, 2.45) is 0 Å². The zero-order valence-electron chi connectivity index (χ0n) is 13.8. The second kappa shape index (κ2) is 8.49. The molecule has 0 aliphatic rings. The van der Waals surface area contributed by atoms with Crippen molar-refractivity contribution in [3.05, 3.63) is 51.2 Å². The van der Waals surface area contributed by atoms with E-state index in [0.717, 1.165) is 21.6 Å². The summed E-state index contributed by atoms with van der Waals surface area (Å²) in [4.78, 5) is 23.7. The summed E-state index contributed by atoms with van der Waals surface area (Å²) in [6, 6.07) is 7.42.